The minimum Gasteiger partial charge on any atom is -0.497 e. The third-order valence-electron chi connectivity index (χ3n) is 4.95. The lowest BCUT2D eigenvalue weighted by Gasteiger charge is -2.24. The summed E-state index contributed by atoms with van der Waals surface area (Å²) in [6, 6.07) is 11.5. The van der Waals surface area contributed by atoms with Crippen molar-refractivity contribution in [3.05, 3.63) is 64.2 Å². The van der Waals surface area contributed by atoms with Crippen LogP contribution >= 0.6 is 0 Å². The number of methoxy groups -OCH3 is 1. The van der Waals surface area contributed by atoms with Gasteiger partial charge in [0.15, 0.2) is 0 Å². The second-order valence-electron chi connectivity index (χ2n) is 6.95. The minimum atomic E-state index is -0.635. The fourth-order valence-electron chi connectivity index (χ4n) is 3.36. The molecule has 31 heavy (non-hydrogen) atoms. The number of amides is 3. The molecule has 0 saturated carbocycles. The number of nitrogens with zero attached hydrogens (tertiary/aromatic N) is 2. The van der Waals surface area contributed by atoms with Gasteiger partial charge in [-0.3, -0.25) is 24.5 Å². The van der Waals surface area contributed by atoms with Gasteiger partial charge < -0.3 is 20.3 Å². The molecule has 2 N–H and O–H groups in total. The van der Waals surface area contributed by atoms with E-state index in [4.69, 9.17) is 4.74 Å². The normalized spacial score (nSPS) is 15.3. The van der Waals surface area contributed by atoms with Crippen LogP contribution in [0.2, 0.25) is 0 Å². The van der Waals surface area contributed by atoms with Gasteiger partial charge in [0, 0.05) is 29.9 Å². The molecule has 3 rings (SSSR count). The van der Waals surface area contributed by atoms with Crippen LogP contribution in [0.1, 0.15) is 23.2 Å². The third-order valence-corrected chi connectivity index (χ3v) is 4.95. The van der Waals surface area contributed by atoms with E-state index in [9.17, 15) is 24.5 Å². The van der Waals surface area contributed by atoms with E-state index in [0.29, 0.717) is 30.8 Å². The van der Waals surface area contributed by atoms with Crippen molar-refractivity contribution in [2.45, 2.75) is 18.9 Å². The highest BCUT2D eigenvalue weighted by Crippen LogP contribution is 2.21. The van der Waals surface area contributed by atoms with Crippen LogP contribution in [0.4, 0.5) is 11.4 Å². The Morgan fingerprint density at radius 2 is 1.94 bits per heavy atom. The number of carbonyl (C=O) groups excluding carboxylic acids is 3. The van der Waals surface area contributed by atoms with Crippen molar-refractivity contribution in [3.8, 4) is 5.75 Å². The minimum absolute atomic E-state index is 0.0808. The highest BCUT2D eigenvalue weighted by atomic mass is 16.6. The van der Waals surface area contributed by atoms with Gasteiger partial charge in [-0.2, -0.15) is 0 Å². The zero-order chi connectivity index (χ0) is 22.4. The molecule has 10 nitrogen and oxygen atoms in total. The SMILES string of the molecule is COc1ccc(NC(=O)C2CCCN2C(=O)CNC(=O)c2cccc([N+](=O)[O-])c2)cc1. The molecule has 0 aromatic heterocycles. The molecule has 0 aliphatic carbocycles. The molecule has 1 aliphatic heterocycles. The molecule has 1 unspecified atom stereocenters. The molecule has 1 heterocycles. The number of ether oxygens (including phenoxy) is 1. The van der Waals surface area contributed by atoms with E-state index in [1.807, 2.05) is 0 Å². The summed E-state index contributed by atoms with van der Waals surface area (Å²) in [5, 5.41) is 16.1. The Hall–Kier alpha value is -3.95. The van der Waals surface area contributed by atoms with E-state index in [-0.39, 0.29) is 23.7 Å². The van der Waals surface area contributed by atoms with Crippen molar-refractivity contribution in [1.29, 1.82) is 0 Å². The number of likely N-dealkylation sites (tertiary alicyclic amines) is 1. The second-order valence-corrected chi connectivity index (χ2v) is 6.95. The first-order valence-corrected chi connectivity index (χ1v) is 9.66. The summed E-state index contributed by atoms with van der Waals surface area (Å²) < 4.78 is 5.09. The van der Waals surface area contributed by atoms with Gasteiger partial charge >= 0.3 is 0 Å². The molecule has 1 fully saturated rings. The van der Waals surface area contributed by atoms with Crippen LogP contribution in [0, 0.1) is 10.1 Å². The maximum absolute atomic E-state index is 12.7. The average Bonchev–Trinajstić information content (AvgIpc) is 3.28. The van der Waals surface area contributed by atoms with Crippen molar-refractivity contribution in [2.75, 3.05) is 25.5 Å². The molecule has 2 aromatic rings. The lowest BCUT2D eigenvalue weighted by Crippen LogP contribution is -2.47. The fourth-order valence-corrected chi connectivity index (χ4v) is 3.36. The van der Waals surface area contributed by atoms with E-state index in [1.54, 1.807) is 31.4 Å². The standard InChI is InChI=1S/C21H22N4O6/c1-31-17-9-7-15(8-10-17)23-21(28)18-6-3-11-24(18)19(26)13-22-20(27)14-4-2-5-16(12-14)25(29)30/h2,4-5,7-10,12,18H,3,6,11,13H2,1H3,(H,22,27)(H,23,28). The van der Waals surface area contributed by atoms with Crippen LogP contribution in [-0.4, -0.2) is 53.8 Å². The summed E-state index contributed by atoms with van der Waals surface area (Å²) in [4.78, 5) is 49.2. The number of nitrogens with one attached hydrogen (secondary N) is 2. The van der Waals surface area contributed by atoms with Gasteiger partial charge in [0.1, 0.15) is 11.8 Å². The second kappa shape index (κ2) is 9.70. The van der Waals surface area contributed by atoms with Crippen LogP contribution < -0.4 is 15.4 Å². The Labute approximate surface area is 178 Å². The number of hydrogen-bond acceptors (Lipinski definition) is 6. The summed E-state index contributed by atoms with van der Waals surface area (Å²) in [5.74, 6) is -0.641. The van der Waals surface area contributed by atoms with Crippen LogP contribution in [0.15, 0.2) is 48.5 Å². The van der Waals surface area contributed by atoms with E-state index in [0.717, 1.165) is 6.07 Å². The topological polar surface area (TPSA) is 131 Å². The van der Waals surface area contributed by atoms with E-state index in [1.165, 1.54) is 23.1 Å². The van der Waals surface area contributed by atoms with Crippen molar-refractivity contribution < 1.29 is 24.0 Å². The zero-order valence-corrected chi connectivity index (χ0v) is 16.9. The lowest BCUT2D eigenvalue weighted by molar-refractivity contribution is -0.384. The maximum atomic E-state index is 12.7. The molecule has 0 radical (unpaired) electrons. The summed E-state index contributed by atoms with van der Waals surface area (Å²) in [5.41, 5.74) is 0.454. The van der Waals surface area contributed by atoms with Gasteiger partial charge in [0.05, 0.1) is 18.6 Å². The molecule has 1 atom stereocenters. The van der Waals surface area contributed by atoms with Crippen LogP contribution in [0.25, 0.3) is 0 Å². The Balaban J connectivity index is 1.57. The van der Waals surface area contributed by atoms with Gasteiger partial charge in [0.2, 0.25) is 11.8 Å². The first-order chi connectivity index (χ1) is 14.9. The van der Waals surface area contributed by atoms with Gasteiger partial charge in [-0.15, -0.1) is 0 Å². The van der Waals surface area contributed by atoms with Crippen molar-refractivity contribution in [1.82, 2.24) is 10.2 Å². The van der Waals surface area contributed by atoms with Gasteiger partial charge in [-0.05, 0) is 43.2 Å². The highest BCUT2D eigenvalue weighted by Gasteiger charge is 2.34. The number of anilines is 1. The molecule has 10 heteroatoms. The van der Waals surface area contributed by atoms with Crippen LogP contribution in [0.5, 0.6) is 5.75 Å². The van der Waals surface area contributed by atoms with Gasteiger partial charge in [0.25, 0.3) is 11.6 Å². The van der Waals surface area contributed by atoms with Crippen LogP contribution in [0.3, 0.4) is 0 Å². The molecular weight excluding hydrogens is 404 g/mol. The number of benzene rings is 2. The number of nitro benzene ring substituents is 1. The monoisotopic (exact) mass is 426 g/mol. The molecular formula is C21H22N4O6. The van der Waals surface area contributed by atoms with Gasteiger partial charge in [-0.1, -0.05) is 6.07 Å². The van der Waals surface area contributed by atoms with Crippen molar-refractivity contribution in [2.24, 2.45) is 0 Å². The van der Waals surface area contributed by atoms with E-state index < -0.39 is 22.8 Å². The number of rotatable bonds is 7. The van der Waals surface area contributed by atoms with Crippen LogP contribution in [-0.2, 0) is 9.59 Å². The number of hydrogen-bond donors (Lipinski definition) is 2. The Morgan fingerprint density at radius 1 is 1.19 bits per heavy atom. The van der Waals surface area contributed by atoms with Crippen molar-refractivity contribution in [3.63, 3.8) is 0 Å². The quantitative estimate of drug-likeness (QED) is 0.514. The highest BCUT2D eigenvalue weighted by molar-refractivity contribution is 5.99. The number of non-ortho nitro benzene ring substituents is 1. The maximum Gasteiger partial charge on any atom is 0.270 e. The molecule has 0 bridgehead atoms. The Morgan fingerprint density at radius 3 is 2.61 bits per heavy atom. The number of nitro groups is 1. The predicted octanol–water partition coefficient (Wildman–Crippen LogP) is 1.96. The average molecular weight is 426 g/mol. The molecule has 1 aliphatic rings. The Kier molecular flexibility index (Phi) is 6.81. The zero-order valence-electron chi connectivity index (χ0n) is 16.9. The van der Waals surface area contributed by atoms with Crippen molar-refractivity contribution >= 4 is 29.1 Å². The molecule has 2 aromatic carbocycles. The first-order valence-electron chi connectivity index (χ1n) is 9.66. The lowest BCUT2D eigenvalue weighted by atomic mass is 10.2. The fraction of sp³-hybridized carbons (Fsp3) is 0.286. The summed E-state index contributed by atoms with van der Waals surface area (Å²) in [6.45, 7) is 0.0973. The van der Waals surface area contributed by atoms with E-state index >= 15 is 0 Å². The largest absolute Gasteiger partial charge is 0.497 e. The molecule has 162 valence electrons. The van der Waals surface area contributed by atoms with E-state index in [2.05, 4.69) is 10.6 Å². The predicted molar refractivity (Wildman–Crippen MR) is 112 cm³/mol. The molecule has 3 amide bonds. The summed E-state index contributed by atoms with van der Waals surface area (Å²) >= 11 is 0. The summed E-state index contributed by atoms with van der Waals surface area (Å²) in [6.07, 6.45) is 1.19. The Bertz CT molecular complexity index is 992. The first kappa shape index (κ1) is 21.8. The third kappa shape index (κ3) is 5.35. The number of carbonyl (C=O) groups is 3. The smallest absolute Gasteiger partial charge is 0.270 e. The summed E-state index contributed by atoms with van der Waals surface area (Å²) in [7, 11) is 1.55. The molecule has 1 saturated heterocycles. The van der Waals surface area contributed by atoms with Gasteiger partial charge in [-0.25, -0.2) is 0 Å². The molecule has 0 spiro atoms.